The minimum Gasteiger partial charge on any atom is -0.352 e. The van der Waals surface area contributed by atoms with Crippen molar-refractivity contribution in [3.8, 4) is 0 Å². The summed E-state index contributed by atoms with van der Waals surface area (Å²) >= 11 is 1.80. The number of piperazine rings is 1. The summed E-state index contributed by atoms with van der Waals surface area (Å²) in [5, 5.41) is 12.5. The smallest absolute Gasteiger partial charge is 0.273 e. The number of rotatable bonds is 5. The number of hydrogen-bond donors (Lipinski definition) is 0. The highest BCUT2D eigenvalue weighted by Crippen LogP contribution is 2.39. The molecule has 1 fully saturated rings. The second-order valence-corrected chi connectivity index (χ2v) is 10.2. The van der Waals surface area contributed by atoms with Crippen LogP contribution >= 0.6 is 11.3 Å². The summed E-state index contributed by atoms with van der Waals surface area (Å²) in [6.45, 7) is 11.5. The van der Waals surface area contributed by atoms with E-state index in [4.69, 9.17) is 9.97 Å². The van der Waals surface area contributed by atoms with Crippen molar-refractivity contribution in [3.63, 3.8) is 0 Å². The number of amides is 1. The van der Waals surface area contributed by atoms with E-state index in [2.05, 4.69) is 23.6 Å². The van der Waals surface area contributed by atoms with Crippen LogP contribution in [-0.4, -0.2) is 69.9 Å². The van der Waals surface area contributed by atoms with Crippen molar-refractivity contribution in [1.29, 1.82) is 0 Å². The van der Waals surface area contributed by atoms with Crippen LogP contribution in [0.5, 0.6) is 0 Å². The van der Waals surface area contributed by atoms with Crippen molar-refractivity contribution >= 4 is 39.0 Å². The van der Waals surface area contributed by atoms with Crippen LogP contribution in [0.3, 0.4) is 0 Å². The highest BCUT2D eigenvalue weighted by atomic mass is 32.1. The third-order valence-electron chi connectivity index (χ3n) is 7.09. The van der Waals surface area contributed by atoms with Gasteiger partial charge in [-0.05, 0) is 31.5 Å². The Kier molecular flexibility index (Phi) is 6.41. The average molecular weight is 495 g/mol. The first-order chi connectivity index (χ1) is 16.9. The van der Waals surface area contributed by atoms with Crippen LogP contribution in [0.4, 0.5) is 11.5 Å². The van der Waals surface area contributed by atoms with Crippen molar-refractivity contribution in [2.75, 3.05) is 44.2 Å². The van der Waals surface area contributed by atoms with Crippen LogP contribution in [0.1, 0.15) is 46.0 Å². The topological polar surface area (TPSA) is 95.7 Å². The monoisotopic (exact) mass is 494 g/mol. The van der Waals surface area contributed by atoms with E-state index in [-0.39, 0.29) is 11.6 Å². The fourth-order valence-corrected chi connectivity index (χ4v) is 6.25. The molecule has 35 heavy (non-hydrogen) atoms. The third-order valence-corrected chi connectivity index (χ3v) is 8.20. The lowest BCUT2D eigenvalue weighted by atomic mass is 10.0. The molecule has 2 aromatic heterocycles. The normalized spacial score (nSPS) is 16.5. The molecule has 1 saturated heterocycles. The molecule has 3 aromatic rings. The average Bonchev–Trinajstić information content (AvgIpc) is 3.25. The van der Waals surface area contributed by atoms with Crippen LogP contribution in [-0.2, 0) is 19.4 Å². The first-order valence-corrected chi connectivity index (χ1v) is 13.0. The van der Waals surface area contributed by atoms with Gasteiger partial charge in [0.15, 0.2) is 0 Å². The summed E-state index contributed by atoms with van der Waals surface area (Å²) in [5.41, 5.74) is 2.28. The molecule has 10 heteroatoms. The third kappa shape index (κ3) is 4.36. The van der Waals surface area contributed by atoms with Crippen LogP contribution in [0, 0.1) is 17.0 Å². The summed E-state index contributed by atoms with van der Waals surface area (Å²) in [7, 11) is 0. The molecule has 1 aromatic carbocycles. The van der Waals surface area contributed by atoms with E-state index in [0.29, 0.717) is 37.3 Å². The minimum absolute atomic E-state index is 0.0196. The molecule has 2 aliphatic heterocycles. The van der Waals surface area contributed by atoms with Gasteiger partial charge in [0, 0.05) is 67.8 Å². The quantitative estimate of drug-likeness (QED) is 0.393. The fraction of sp³-hybridized carbons (Fsp3) is 0.480. The van der Waals surface area contributed by atoms with Crippen molar-refractivity contribution in [3.05, 3.63) is 55.7 Å². The summed E-state index contributed by atoms with van der Waals surface area (Å²) in [5.74, 6) is 1.68. The number of aryl methyl sites for hydroxylation is 2. The highest BCUT2D eigenvalue weighted by Gasteiger charge is 2.29. The van der Waals surface area contributed by atoms with E-state index >= 15 is 0 Å². The molecule has 0 saturated carbocycles. The number of anilines is 1. The predicted octanol–water partition coefficient (Wildman–Crippen LogP) is 3.81. The molecule has 4 heterocycles. The zero-order chi connectivity index (χ0) is 24.7. The molecule has 9 nitrogen and oxygen atoms in total. The number of carbonyl (C=O) groups is 1. The molecular formula is C25H30N6O3S. The van der Waals surface area contributed by atoms with Gasteiger partial charge in [-0.2, -0.15) is 0 Å². The molecule has 0 spiro atoms. The van der Waals surface area contributed by atoms with E-state index in [1.165, 1.54) is 21.9 Å². The zero-order valence-corrected chi connectivity index (χ0v) is 21.2. The van der Waals surface area contributed by atoms with Crippen molar-refractivity contribution in [2.45, 2.75) is 40.2 Å². The molecule has 0 bridgehead atoms. The first-order valence-electron chi connectivity index (χ1n) is 12.2. The standard InChI is InChI=1S/C25H30N6O3S/c1-4-21-26-23(22-18-8-9-28(5-2)15-20(18)35-24(22)27-21)29-10-12-30(13-11-29)25(32)17-7-6-16(3)19(14-17)31(33)34/h6-7,14H,4-5,8-13,15H2,1-3H3. The number of nitro benzene ring substituents is 1. The Morgan fingerprint density at radius 1 is 1.14 bits per heavy atom. The number of nitrogens with zero attached hydrogens (tertiary/aromatic N) is 6. The zero-order valence-electron chi connectivity index (χ0n) is 20.4. The molecule has 2 aliphatic rings. The number of carbonyl (C=O) groups excluding carboxylic acids is 1. The lowest BCUT2D eigenvalue weighted by Gasteiger charge is -2.36. The van der Waals surface area contributed by atoms with Gasteiger partial charge in [0.2, 0.25) is 0 Å². The Hall–Kier alpha value is -3.11. The lowest BCUT2D eigenvalue weighted by Crippen LogP contribution is -2.49. The number of likely N-dealkylation sites (N-methyl/N-ethyl adjacent to an activating group) is 1. The van der Waals surface area contributed by atoms with Gasteiger partial charge in [0.05, 0.1) is 10.3 Å². The van der Waals surface area contributed by atoms with Crippen LogP contribution in [0.25, 0.3) is 10.2 Å². The van der Waals surface area contributed by atoms with Gasteiger partial charge in [-0.25, -0.2) is 9.97 Å². The van der Waals surface area contributed by atoms with E-state index in [1.807, 2.05) is 0 Å². The van der Waals surface area contributed by atoms with E-state index in [0.717, 1.165) is 48.9 Å². The fourth-order valence-electron chi connectivity index (χ4n) is 4.97. The summed E-state index contributed by atoms with van der Waals surface area (Å²) in [4.78, 5) is 42.8. The van der Waals surface area contributed by atoms with Gasteiger partial charge in [-0.1, -0.05) is 19.9 Å². The summed E-state index contributed by atoms with van der Waals surface area (Å²) in [6.07, 6.45) is 1.78. The molecule has 0 atom stereocenters. The van der Waals surface area contributed by atoms with Gasteiger partial charge < -0.3 is 9.80 Å². The number of aromatic nitrogens is 2. The Bertz CT molecular complexity index is 1300. The maximum Gasteiger partial charge on any atom is 0.273 e. The van der Waals surface area contributed by atoms with Gasteiger partial charge in [0.1, 0.15) is 16.5 Å². The van der Waals surface area contributed by atoms with Gasteiger partial charge in [-0.3, -0.25) is 19.8 Å². The Labute approximate surface area is 208 Å². The molecule has 5 rings (SSSR count). The second kappa shape index (κ2) is 9.50. The summed E-state index contributed by atoms with van der Waals surface area (Å²) in [6, 6.07) is 4.71. The molecule has 0 radical (unpaired) electrons. The molecular weight excluding hydrogens is 464 g/mol. The van der Waals surface area contributed by atoms with E-state index in [9.17, 15) is 14.9 Å². The minimum atomic E-state index is -0.434. The Balaban J connectivity index is 1.39. The van der Waals surface area contributed by atoms with Crippen LogP contribution in [0.2, 0.25) is 0 Å². The number of thiophene rings is 1. The number of hydrogen-bond acceptors (Lipinski definition) is 8. The van der Waals surface area contributed by atoms with Crippen LogP contribution < -0.4 is 4.90 Å². The van der Waals surface area contributed by atoms with Gasteiger partial charge in [-0.15, -0.1) is 11.3 Å². The Morgan fingerprint density at radius 2 is 1.91 bits per heavy atom. The van der Waals surface area contributed by atoms with E-state index in [1.54, 1.807) is 35.3 Å². The van der Waals surface area contributed by atoms with Crippen molar-refractivity contribution in [1.82, 2.24) is 19.8 Å². The predicted molar refractivity (Wildman–Crippen MR) is 137 cm³/mol. The molecule has 0 unspecified atom stereocenters. The second-order valence-electron chi connectivity index (χ2n) is 9.16. The molecule has 184 valence electrons. The SMILES string of the molecule is CCc1nc(N2CCN(C(=O)c3ccc(C)c([N+](=O)[O-])c3)CC2)c2c3c(sc2n1)CN(CC)CC3. The summed E-state index contributed by atoms with van der Waals surface area (Å²) < 4.78 is 0. The maximum absolute atomic E-state index is 13.1. The van der Waals surface area contributed by atoms with Gasteiger partial charge in [0.25, 0.3) is 11.6 Å². The molecule has 1 amide bonds. The molecule has 0 aliphatic carbocycles. The lowest BCUT2D eigenvalue weighted by molar-refractivity contribution is -0.385. The van der Waals surface area contributed by atoms with Crippen molar-refractivity contribution < 1.29 is 9.72 Å². The maximum atomic E-state index is 13.1. The first kappa shape index (κ1) is 23.6. The van der Waals surface area contributed by atoms with Crippen molar-refractivity contribution in [2.24, 2.45) is 0 Å². The molecule has 0 N–H and O–H groups in total. The number of benzene rings is 1. The van der Waals surface area contributed by atoms with Gasteiger partial charge >= 0.3 is 0 Å². The Morgan fingerprint density at radius 3 is 2.60 bits per heavy atom. The largest absolute Gasteiger partial charge is 0.352 e. The van der Waals surface area contributed by atoms with E-state index < -0.39 is 4.92 Å². The van der Waals surface area contributed by atoms with Crippen LogP contribution in [0.15, 0.2) is 18.2 Å². The number of nitro groups is 1. The number of fused-ring (bicyclic) bond motifs is 3. The highest BCUT2D eigenvalue weighted by molar-refractivity contribution is 7.19.